The van der Waals surface area contributed by atoms with Crippen LogP contribution in [0.2, 0.25) is 0 Å². The van der Waals surface area contributed by atoms with Gasteiger partial charge in [-0.1, -0.05) is 19.3 Å². The van der Waals surface area contributed by atoms with Gasteiger partial charge in [0.25, 0.3) is 11.5 Å². The Morgan fingerprint density at radius 1 is 1.08 bits per heavy atom. The molecule has 0 radical (unpaired) electrons. The first kappa shape index (κ1) is 17.2. The fraction of sp³-hybridized carbons (Fsp3) is 0.684. The van der Waals surface area contributed by atoms with Crippen LogP contribution >= 0.6 is 0 Å². The van der Waals surface area contributed by atoms with Crippen LogP contribution < -0.4 is 5.56 Å². The molecule has 0 spiro atoms. The Labute approximate surface area is 144 Å². The lowest BCUT2D eigenvalue weighted by molar-refractivity contribution is 0.0758. The van der Waals surface area contributed by atoms with Gasteiger partial charge in [0.1, 0.15) is 5.56 Å². The predicted octanol–water partition coefficient (Wildman–Crippen LogP) is 2.41. The lowest BCUT2D eigenvalue weighted by Crippen LogP contribution is -2.38. The molecule has 3 rings (SSSR count). The molecular formula is C19H29N3O2. The monoisotopic (exact) mass is 331 g/mol. The standard InChI is InChI=1S/C19H29N3O2/c1-15-8-9-17(18(23)20-15)19(24)22-11-5-10-21(12-13-22)14-16-6-3-2-4-7-16/h8-9,16H,2-7,10-14H2,1H3,(H,20,23). The zero-order valence-corrected chi connectivity index (χ0v) is 14.7. The molecular weight excluding hydrogens is 302 g/mol. The summed E-state index contributed by atoms with van der Waals surface area (Å²) in [6, 6.07) is 3.45. The number of pyridine rings is 1. The SMILES string of the molecule is Cc1ccc(C(=O)N2CCCN(CC3CCCCC3)CC2)c(=O)[nH]1. The minimum Gasteiger partial charge on any atom is -0.337 e. The number of carbonyl (C=O) groups excluding carboxylic acids is 1. The number of aromatic amines is 1. The number of nitrogens with zero attached hydrogens (tertiary/aromatic N) is 2. The summed E-state index contributed by atoms with van der Waals surface area (Å²) < 4.78 is 0. The average Bonchev–Trinajstić information content (AvgIpc) is 2.81. The van der Waals surface area contributed by atoms with Gasteiger partial charge < -0.3 is 14.8 Å². The molecule has 24 heavy (non-hydrogen) atoms. The second-order valence-electron chi connectivity index (χ2n) is 7.33. The molecule has 1 saturated heterocycles. The fourth-order valence-corrected chi connectivity index (χ4v) is 4.00. The van der Waals surface area contributed by atoms with Crippen LogP contribution in [0.5, 0.6) is 0 Å². The van der Waals surface area contributed by atoms with Gasteiger partial charge in [0.2, 0.25) is 0 Å². The number of hydrogen-bond acceptors (Lipinski definition) is 3. The van der Waals surface area contributed by atoms with Gasteiger partial charge in [0.05, 0.1) is 0 Å². The first-order valence-corrected chi connectivity index (χ1v) is 9.35. The van der Waals surface area contributed by atoms with Gasteiger partial charge >= 0.3 is 0 Å². The summed E-state index contributed by atoms with van der Waals surface area (Å²) in [6.07, 6.45) is 7.85. The van der Waals surface area contributed by atoms with E-state index in [-0.39, 0.29) is 17.0 Å². The summed E-state index contributed by atoms with van der Waals surface area (Å²) in [7, 11) is 0. The maximum absolute atomic E-state index is 12.7. The van der Waals surface area contributed by atoms with Crippen molar-refractivity contribution in [3.8, 4) is 0 Å². The quantitative estimate of drug-likeness (QED) is 0.925. The third-order valence-corrected chi connectivity index (χ3v) is 5.40. The molecule has 0 aromatic carbocycles. The Morgan fingerprint density at radius 3 is 2.62 bits per heavy atom. The van der Waals surface area contributed by atoms with Crippen LogP contribution in [0, 0.1) is 12.8 Å². The van der Waals surface area contributed by atoms with Gasteiger partial charge in [0.15, 0.2) is 0 Å². The number of hydrogen-bond donors (Lipinski definition) is 1. The maximum Gasteiger partial charge on any atom is 0.260 e. The Balaban J connectivity index is 1.58. The van der Waals surface area contributed by atoms with Gasteiger partial charge in [-0.15, -0.1) is 0 Å². The third kappa shape index (κ3) is 4.26. The first-order valence-electron chi connectivity index (χ1n) is 9.35. The molecule has 5 nitrogen and oxygen atoms in total. The summed E-state index contributed by atoms with van der Waals surface area (Å²) in [4.78, 5) is 31.8. The molecule has 5 heteroatoms. The van der Waals surface area contributed by atoms with Crippen LogP contribution in [-0.2, 0) is 0 Å². The first-order chi connectivity index (χ1) is 11.6. The lowest BCUT2D eigenvalue weighted by Gasteiger charge is -2.28. The van der Waals surface area contributed by atoms with Crippen molar-refractivity contribution in [3.05, 3.63) is 33.7 Å². The normalized spacial score (nSPS) is 20.8. The average molecular weight is 331 g/mol. The highest BCUT2D eigenvalue weighted by atomic mass is 16.2. The zero-order chi connectivity index (χ0) is 16.9. The smallest absolute Gasteiger partial charge is 0.260 e. The molecule has 1 saturated carbocycles. The number of H-pyrrole nitrogens is 1. The molecule has 0 unspecified atom stereocenters. The summed E-state index contributed by atoms with van der Waals surface area (Å²) in [5, 5.41) is 0. The Morgan fingerprint density at radius 2 is 1.88 bits per heavy atom. The highest BCUT2D eigenvalue weighted by Gasteiger charge is 2.24. The molecule has 1 N–H and O–H groups in total. The Hall–Kier alpha value is -1.62. The molecule has 0 bridgehead atoms. The maximum atomic E-state index is 12.7. The number of amides is 1. The van der Waals surface area contributed by atoms with Crippen molar-refractivity contribution >= 4 is 5.91 Å². The van der Waals surface area contributed by atoms with E-state index in [9.17, 15) is 9.59 Å². The van der Waals surface area contributed by atoms with Crippen molar-refractivity contribution in [2.24, 2.45) is 5.92 Å². The molecule has 2 fully saturated rings. The molecule has 2 aliphatic rings. The highest BCUT2D eigenvalue weighted by molar-refractivity contribution is 5.93. The second-order valence-corrected chi connectivity index (χ2v) is 7.33. The van der Waals surface area contributed by atoms with E-state index in [1.807, 2.05) is 11.8 Å². The van der Waals surface area contributed by atoms with Crippen LogP contribution in [0.3, 0.4) is 0 Å². The molecule has 1 aromatic heterocycles. The van der Waals surface area contributed by atoms with E-state index >= 15 is 0 Å². The zero-order valence-electron chi connectivity index (χ0n) is 14.7. The molecule has 1 aromatic rings. The van der Waals surface area contributed by atoms with E-state index in [1.54, 1.807) is 12.1 Å². The number of rotatable bonds is 3. The van der Waals surface area contributed by atoms with E-state index in [2.05, 4.69) is 9.88 Å². The Bertz CT molecular complexity index is 619. The van der Waals surface area contributed by atoms with Crippen LogP contribution in [0.25, 0.3) is 0 Å². The van der Waals surface area contributed by atoms with Crippen molar-refractivity contribution < 1.29 is 4.79 Å². The van der Waals surface area contributed by atoms with E-state index in [4.69, 9.17) is 0 Å². The predicted molar refractivity (Wildman–Crippen MR) is 95.3 cm³/mol. The summed E-state index contributed by atoms with van der Waals surface area (Å²) >= 11 is 0. The largest absolute Gasteiger partial charge is 0.337 e. The lowest BCUT2D eigenvalue weighted by atomic mass is 9.89. The van der Waals surface area contributed by atoms with Crippen LogP contribution in [0.4, 0.5) is 0 Å². The van der Waals surface area contributed by atoms with Crippen molar-refractivity contribution in [3.63, 3.8) is 0 Å². The van der Waals surface area contributed by atoms with Gasteiger partial charge in [-0.3, -0.25) is 9.59 Å². The van der Waals surface area contributed by atoms with Crippen LogP contribution in [0.15, 0.2) is 16.9 Å². The van der Waals surface area contributed by atoms with Gasteiger partial charge in [0, 0.05) is 31.9 Å². The van der Waals surface area contributed by atoms with Gasteiger partial charge in [-0.25, -0.2) is 0 Å². The van der Waals surface area contributed by atoms with Gasteiger partial charge in [-0.05, 0) is 50.8 Å². The van der Waals surface area contributed by atoms with E-state index < -0.39 is 0 Å². The van der Waals surface area contributed by atoms with Crippen molar-refractivity contribution in [2.45, 2.75) is 45.4 Å². The van der Waals surface area contributed by atoms with Gasteiger partial charge in [-0.2, -0.15) is 0 Å². The minimum atomic E-state index is -0.275. The Kier molecular flexibility index (Phi) is 5.72. The number of aryl methyl sites for hydroxylation is 1. The van der Waals surface area contributed by atoms with E-state index in [1.165, 1.54) is 38.6 Å². The number of aromatic nitrogens is 1. The molecule has 132 valence electrons. The van der Waals surface area contributed by atoms with Crippen LogP contribution in [-0.4, -0.2) is 53.4 Å². The van der Waals surface area contributed by atoms with Crippen molar-refractivity contribution in [1.29, 1.82) is 0 Å². The number of nitrogens with one attached hydrogen (secondary N) is 1. The minimum absolute atomic E-state index is 0.129. The summed E-state index contributed by atoms with van der Waals surface area (Å²) in [5.41, 5.74) is 0.774. The van der Waals surface area contributed by atoms with Crippen molar-refractivity contribution in [1.82, 2.24) is 14.8 Å². The molecule has 0 atom stereocenters. The molecule has 2 heterocycles. The third-order valence-electron chi connectivity index (χ3n) is 5.40. The second kappa shape index (κ2) is 7.97. The van der Waals surface area contributed by atoms with Crippen LogP contribution in [0.1, 0.15) is 54.6 Å². The summed E-state index contributed by atoms with van der Waals surface area (Å²) in [6.45, 7) is 6.45. The van der Waals surface area contributed by atoms with E-state index in [0.29, 0.717) is 0 Å². The van der Waals surface area contributed by atoms with Crippen molar-refractivity contribution in [2.75, 3.05) is 32.7 Å². The van der Waals surface area contributed by atoms with E-state index in [0.717, 1.165) is 44.2 Å². The highest BCUT2D eigenvalue weighted by Crippen LogP contribution is 2.24. The summed E-state index contributed by atoms with van der Waals surface area (Å²) in [5.74, 6) is 0.705. The molecule has 1 aliphatic heterocycles. The topological polar surface area (TPSA) is 56.4 Å². The molecule has 1 amide bonds. The molecule has 1 aliphatic carbocycles. The fourth-order valence-electron chi connectivity index (χ4n) is 4.00. The number of carbonyl (C=O) groups is 1.